The lowest BCUT2D eigenvalue weighted by Crippen LogP contribution is -2.15. The Morgan fingerprint density at radius 3 is 2.62 bits per heavy atom. The predicted octanol–water partition coefficient (Wildman–Crippen LogP) is 0.172. The van der Waals surface area contributed by atoms with Crippen LogP contribution in [-0.4, -0.2) is 41.6 Å². The fourth-order valence-electron chi connectivity index (χ4n) is 1.49. The maximum absolute atomic E-state index is 12.1. The Hall–Kier alpha value is -2.62. The van der Waals surface area contributed by atoms with Crippen LogP contribution in [0, 0.1) is 0 Å². The number of sulfonamides is 1. The van der Waals surface area contributed by atoms with Crippen molar-refractivity contribution in [2.45, 2.75) is 11.4 Å². The van der Waals surface area contributed by atoms with Crippen LogP contribution < -0.4 is 9.46 Å². The first-order valence-corrected chi connectivity index (χ1v) is 7.18. The van der Waals surface area contributed by atoms with Crippen molar-refractivity contribution >= 4 is 21.8 Å². The molecule has 2 N–H and O–H groups in total. The summed E-state index contributed by atoms with van der Waals surface area (Å²) in [4.78, 5) is 11.4. The molecule has 2 aromatic rings. The van der Waals surface area contributed by atoms with E-state index >= 15 is 0 Å². The second-order valence-electron chi connectivity index (χ2n) is 3.93. The molecule has 9 nitrogen and oxygen atoms in total. The summed E-state index contributed by atoms with van der Waals surface area (Å²) in [7, 11) is -2.35. The van der Waals surface area contributed by atoms with Crippen LogP contribution >= 0.6 is 0 Å². The molecule has 1 heterocycles. The number of aromatic nitrogens is 3. The molecule has 0 fully saturated rings. The molecule has 10 heteroatoms. The normalized spacial score (nSPS) is 11.1. The minimum absolute atomic E-state index is 0.0242. The SMILES string of the molecule is COc1ccc(S(=O)(=O)Nc2cnn(CC(=O)O)n2)cc1. The van der Waals surface area contributed by atoms with Crippen molar-refractivity contribution in [3.8, 4) is 5.75 Å². The molecule has 0 saturated heterocycles. The van der Waals surface area contributed by atoms with Crippen LogP contribution in [0.25, 0.3) is 0 Å². The number of hydrogen-bond acceptors (Lipinski definition) is 6. The second-order valence-corrected chi connectivity index (χ2v) is 5.62. The minimum Gasteiger partial charge on any atom is -0.497 e. The third-order valence-corrected chi connectivity index (χ3v) is 3.79. The van der Waals surface area contributed by atoms with E-state index in [0.717, 1.165) is 11.0 Å². The maximum Gasteiger partial charge on any atom is 0.327 e. The van der Waals surface area contributed by atoms with Crippen molar-refractivity contribution in [1.82, 2.24) is 15.0 Å². The van der Waals surface area contributed by atoms with Gasteiger partial charge in [0.05, 0.1) is 18.2 Å². The number of carboxylic acid groups (broad SMARTS) is 1. The zero-order chi connectivity index (χ0) is 15.5. The highest BCUT2D eigenvalue weighted by molar-refractivity contribution is 7.92. The number of rotatable bonds is 6. The largest absolute Gasteiger partial charge is 0.497 e. The maximum atomic E-state index is 12.1. The molecule has 21 heavy (non-hydrogen) atoms. The van der Waals surface area contributed by atoms with Crippen LogP contribution in [-0.2, 0) is 21.4 Å². The van der Waals surface area contributed by atoms with E-state index in [2.05, 4.69) is 14.9 Å². The second kappa shape index (κ2) is 5.79. The molecule has 0 amide bonds. The first-order valence-electron chi connectivity index (χ1n) is 5.69. The highest BCUT2D eigenvalue weighted by Gasteiger charge is 2.16. The Kier molecular flexibility index (Phi) is 4.08. The van der Waals surface area contributed by atoms with Gasteiger partial charge in [-0.2, -0.15) is 9.90 Å². The fraction of sp³-hybridized carbons (Fsp3) is 0.182. The van der Waals surface area contributed by atoms with Gasteiger partial charge >= 0.3 is 5.97 Å². The number of benzene rings is 1. The van der Waals surface area contributed by atoms with Gasteiger partial charge in [0.2, 0.25) is 0 Å². The van der Waals surface area contributed by atoms with E-state index in [-0.39, 0.29) is 10.7 Å². The molecule has 0 aliphatic heterocycles. The summed E-state index contributed by atoms with van der Waals surface area (Å²) < 4.78 is 31.3. The molecular formula is C11H12N4O5S. The molecule has 0 aliphatic carbocycles. The average Bonchev–Trinajstić information content (AvgIpc) is 2.84. The number of nitrogens with one attached hydrogen (secondary N) is 1. The Morgan fingerprint density at radius 1 is 1.38 bits per heavy atom. The van der Waals surface area contributed by atoms with Crippen LogP contribution in [0.5, 0.6) is 5.75 Å². The highest BCUT2D eigenvalue weighted by Crippen LogP contribution is 2.17. The van der Waals surface area contributed by atoms with Crippen molar-refractivity contribution in [2.24, 2.45) is 0 Å². The van der Waals surface area contributed by atoms with E-state index in [1.165, 1.54) is 31.4 Å². The van der Waals surface area contributed by atoms with Gasteiger partial charge in [-0.3, -0.25) is 9.52 Å². The highest BCUT2D eigenvalue weighted by atomic mass is 32.2. The zero-order valence-electron chi connectivity index (χ0n) is 10.9. The predicted molar refractivity (Wildman–Crippen MR) is 71.5 cm³/mol. The van der Waals surface area contributed by atoms with Gasteiger partial charge in [-0.25, -0.2) is 8.42 Å². The van der Waals surface area contributed by atoms with Gasteiger partial charge in [-0.15, -0.1) is 5.10 Å². The van der Waals surface area contributed by atoms with Crippen molar-refractivity contribution in [2.75, 3.05) is 11.8 Å². The van der Waals surface area contributed by atoms with Crippen molar-refractivity contribution < 1.29 is 23.1 Å². The van der Waals surface area contributed by atoms with E-state index in [1.807, 2.05) is 0 Å². The van der Waals surface area contributed by atoms with Crippen LogP contribution in [0.1, 0.15) is 0 Å². The van der Waals surface area contributed by atoms with E-state index in [4.69, 9.17) is 9.84 Å². The van der Waals surface area contributed by atoms with E-state index in [9.17, 15) is 13.2 Å². The van der Waals surface area contributed by atoms with Crippen LogP contribution in [0.2, 0.25) is 0 Å². The Labute approximate surface area is 120 Å². The molecule has 0 saturated carbocycles. The molecule has 0 radical (unpaired) electrons. The van der Waals surface area contributed by atoms with Crippen molar-refractivity contribution in [3.63, 3.8) is 0 Å². The van der Waals surface area contributed by atoms with Crippen LogP contribution in [0.15, 0.2) is 35.4 Å². The number of nitrogens with zero attached hydrogens (tertiary/aromatic N) is 3. The van der Waals surface area contributed by atoms with Gasteiger partial charge in [-0.1, -0.05) is 0 Å². The number of hydrogen-bond donors (Lipinski definition) is 2. The fourth-order valence-corrected chi connectivity index (χ4v) is 2.47. The first kappa shape index (κ1) is 14.8. The number of aliphatic carboxylic acids is 1. The minimum atomic E-state index is -3.82. The molecule has 112 valence electrons. The Balaban J connectivity index is 2.16. The Bertz CT molecular complexity index is 738. The molecule has 2 rings (SSSR count). The number of carbonyl (C=O) groups is 1. The quantitative estimate of drug-likeness (QED) is 0.779. The lowest BCUT2D eigenvalue weighted by Gasteiger charge is -2.05. The first-order chi connectivity index (χ1) is 9.90. The van der Waals surface area contributed by atoms with Crippen LogP contribution in [0.3, 0.4) is 0 Å². The molecule has 0 atom stereocenters. The molecule has 1 aromatic heterocycles. The number of methoxy groups -OCH3 is 1. The van der Waals surface area contributed by atoms with E-state index < -0.39 is 22.5 Å². The summed E-state index contributed by atoms with van der Waals surface area (Å²) in [5.74, 6) is -0.663. The van der Waals surface area contributed by atoms with Crippen LogP contribution in [0.4, 0.5) is 5.82 Å². The van der Waals surface area contributed by atoms with Crippen molar-refractivity contribution in [3.05, 3.63) is 30.5 Å². The molecule has 0 aliphatic rings. The zero-order valence-corrected chi connectivity index (χ0v) is 11.7. The van der Waals surface area contributed by atoms with Gasteiger partial charge in [0, 0.05) is 0 Å². The lowest BCUT2D eigenvalue weighted by atomic mass is 10.3. The third kappa shape index (κ3) is 3.69. The van der Waals surface area contributed by atoms with Gasteiger partial charge in [0.25, 0.3) is 10.0 Å². The molecule has 0 bridgehead atoms. The molecule has 1 aromatic carbocycles. The van der Waals surface area contributed by atoms with Crippen molar-refractivity contribution in [1.29, 1.82) is 0 Å². The summed E-state index contributed by atoms with van der Waals surface area (Å²) in [6.45, 7) is -0.454. The molecular weight excluding hydrogens is 300 g/mol. The number of carboxylic acids is 1. The van der Waals surface area contributed by atoms with E-state index in [0.29, 0.717) is 5.75 Å². The lowest BCUT2D eigenvalue weighted by molar-refractivity contribution is -0.138. The standard InChI is InChI=1S/C11H12N4O5S/c1-20-8-2-4-9(5-3-8)21(18,19)14-10-6-12-15(13-10)7-11(16)17/h2-6H,7H2,1H3,(H,13,14)(H,16,17). The smallest absolute Gasteiger partial charge is 0.327 e. The summed E-state index contributed by atoms with van der Waals surface area (Å²) in [5.41, 5.74) is 0. The summed E-state index contributed by atoms with van der Waals surface area (Å²) >= 11 is 0. The van der Waals surface area contributed by atoms with Gasteiger partial charge in [0.1, 0.15) is 5.75 Å². The number of ether oxygens (including phenoxy) is 1. The molecule has 0 spiro atoms. The summed E-state index contributed by atoms with van der Waals surface area (Å²) in [5, 5.41) is 15.9. The van der Waals surface area contributed by atoms with Gasteiger partial charge in [-0.05, 0) is 24.3 Å². The van der Waals surface area contributed by atoms with Gasteiger partial charge in [0.15, 0.2) is 12.4 Å². The molecule has 0 unspecified atom stereocenters. The third-order valence-electron chi connectivity index (χ3n) is 2.42. The number of anilines is 1. The average molecular weight is 312 g/mol. The Morgan fingerprint density at radius 2 is 2.05 bits per heavy atom. The monoisotopic (exact) mass is 312 g/mol. The van der Waals surface area contributed by atoms with Gasteiger partial charge < -0.3 is 9.84 Å². The summed E-state index contributed by atoms with van der Waals surface area (Å²) in [6, 6.07) is 5.78. The topological polar surface area (TPSA) is 123 Å². The summed E-state index contributed by atoms with van der Waals surface area (Å²) in [6.07, 6.45) is 1.13. The van der Waals surface area contributed by atoms with E-state index in [1.54, 1.807) is 0 Å².